The Hall–Kier alpha value is -1.75. The van der Waals surface area contributed by atoms with Gasteiger partial charge in [0.05, 0.1) is 6.61 Å². The van der Waals surface area contributed by atoms with Crippen LogP contribution in [0.2, 0.25) is 0 Å². The normalized spacial score (nSPS) is 28.2. The Balaban J connectivity index is 2.21. The van der Waals surface area contributed by atoms with E-state index in [1.807, 2.05) is 0 Å². The highest BCUT2D eigenvalue weighted by molar-refractivity contribution is 5.68. The maximum absolute atomic E-state index is 11.6. The quantitative estimate of drug-likeness (QED) is 0.453. The summed E-state index contributed by atoms with van der Waals surface area (Å²) in [5.41, 5.74) is 0. The van der Waals surface area contributed by atoms with E-state index in [-0.39, 0.29) is 20.2 Å². The predicted molar refractivity (Wildman–Crippen MR) is 78.0 cm³/mol. The van der Waals surface area contributed by atoms with Gasteiger partial charge in [-0.2, -0.15) is 0 Å². The van der Waals surface area contributed by atoms with Gasteiger partial charge in [0.1, 0.15) is 38.5 Å². The summed E-state index contributed by atoms with van der Waals surface area (Å²) in [6.45, 7) is 3.58. The number of esters is 3. The van der Waals surface area contributed by atoms with Gasteiger partial charge >= 0.3 is 17.9 Å². The molecule has 10 nitrogen and oxygen atoms in total. The molecule has 2 aliphatic rings. The SMILES string of the molecule is CC(=O)OC[C@H](OC(C)=O)[C@H](OC(C)=O)[C@@H]1OCO[C@@H]2COCO[C@H]12. The summed E-state index contributed by atoms with van der Waals surface area (Å²) in [4.78, 5) is 34.1. The molecule has 0 aromatic rings. The molecule has 0 N–H and O–H groups in total. The topological polar surface area (TPSA) is 116 Å². The van der Waals surface area contributed by atoms with Crippen molar-refractivity contribution < 1.29 is 47.5 Å². The largest absolute Gasteiger partial charge is 0.462 e. The summed E-state index contributed by atoms with van der Waals surface area (Å²) in [6.07, 6.45) is -3.90. The molecule has 0 spiro atoms. The third-order valence-corrected chi connectivity index (χ3v) is 3.62. The lowest BCUT2D eigenvalue weighted by Gasteiger charge is -2.43. The third kappa shape index (κ3) is 5.63. The van der Waals surface area contributed by atoms with Crippen LogP contribution in [0.1, 0.15) is 20.8 Å². The molecule has 0 radical (unpaired) electrons. The Morgan fingerprint density at radius 2 is 1.68 bits per heavy atom. The number of ether oxygens (including phenoxy) is 7. The summed E-state index contributed by atoms with van der Waals surface area (Å²) in [5, 5.41) is 0. The lowest BCUT2D eigenvalue weighted by Crippen LogP contribution is -2.60. The molecular formula is C15H22O10. The van der Waals surface area contributed by atoms with Crippen molar-refractivity contribution >= 4 is 17.9 Å². The molecule has 0 aliphatic carbocycles. The Bertz CT molecular complexity index is 491. The van der Waals surface area contributed by atoms with Crippen LogP contribution in [0.25, 0.3) is 0 Å². The first-order chi connectivity index (χ1) is 11.9. The fourth-order valence-corrected chi connectivity index (χ4v) is 2.68. The molecule has 2 rings (SSSR count). The number of fused-ring (bicyclic) bond motifs is 1. The zero-order valence-corrected chi connectivity index (χ0v) is 14.3. The van der Waals surface area contributed by atoms with Crippen LogP contribution in [0.5, 0.6) is 0 Å². The van der Waals surface area contributed by atoms with E-state index in [2.05, 4.69) is 0 Å². The van der Waals surface area contributed by atoms with Gasteiger partial charge in [0, 0.05) is 20.8 Å². The van der Waals surface area contributed by atoms with Crippen LogP contribution in [0.4, 0.5) is 0 Å². The summed E-state index contributed by atoms with van der Waals surface area (Å²) in [5.74, 6) is -1.79. The molecule has 2 heterocycles. The molecule has 0 aromatic heterocycles. The molecule has 2 aliphatic heterocycles. The molecule has 10 heteroatoms. The fraction of sp³-hybridized carbons (Fsp3) is 0.800. The van der Waals surface area contributed by atoms with Crippen LogP contribution in [0.3, 0.4) is 0 Å². The number of hydrogen-bond donors (Lipinski definition) is 0. The third-order valence-electron chi connectivity index (χ3n) is 3.62. The Kier molecular flexibility index (Phi) is 7.12. The van der Waals surface area contributed by atoms with Gasteiger partial charge in [-0.25, -0.2) is 0 Å². The molecule has 0 amide bonds. The van der Waals surface area contributed by atoms with E-state index in [1.54, 1.807) is 0 Å². The van der Waals surface area contributed by atoms with Gasteiger partial charge in [-0.3, -0.25) is 14.4 Å². The van der Waals surface area contributed by atoms with Crippen molar-refractivity contribution in [2.75, 3.05) is 26.8 Å². The zero-order valence-electron chi connectivity index (χ0n) is 14.3. The van der Waals surface area contributed by atoms with Crippen molar-refractivity contribution in [3.63, 3.8) is 0 Å². The van der Waals surface area contributed by atoms with E-state index < -0.39 is 48.4 Å². The molecule has 5 atom stereocenters. The minimum absolute atomic E-state index is 0.0271. The molecular weight excluding hydrogens is 340 g/mol. The summed E-state index contributed by atoms with van der Waals surface area (Å²) < 4.78 is 37.2. The maximum Gasteiger partial charge on any atom is 0.303 e. The lowest BCUT2D eigenvalue weighted by atomic mass is 9.97. The zero-order chi connectivity index (χ0) is 18.4. The second-order valence-electron chi connectivity index (χ2n) is 5.60. The van der Waals surface area contributed by atoms with E-state index in [1.165, 1.54) is 20.8 Å². The highest BCUT2D eigenvalue weighted by Gasteiger charge is 2.48. The Labute approximate surface area is 144 Å². The molecule has 0 bridgehead atoms. The average molecular weight is 362 g/mol. The smallest absolute Gasteiger partial charge is 0.303 e. The molecule has 142 valence electrons. The standard InChI is InChI=1S/C15H22O10/c1-8(16)20-5-12(24-9(2)17)14(25-10(3)18)15-13-11(21-7-23-15)4-19-6-22-13/h11-15H,4-7H2,1-3H3/t11-,12+,13+,14+,15-/m1/s1. The second kappa shape index (κ2) is 9.09. The molecule has 0 aromatic carbocycles. The van der Waals surface area contributed by atoms with Gasteiger partial charge < -0.3 is 33.2 Å². The second-order valence-corrected chi connectivity index (χ2v) is 5.60. The highest BCUT2D eigenvalue weighted by Crippen LogP contribution is 2.27. The van der Waals surface area contributed by atoms with Gasteiger partial charge in [-0.15, -0.1) is 0 Å². The fourth-order valence-electron chi connectivity index (χ4n) is 2.68. The Morgan fingerprint density at radius 1 is 0.960 bits per heavy atom. The van der Waals surface area contributed by atoms with Crippen LogP contribution in [-0.2, 0) is 47.5 Å². The lowest BCUT2D eigenvalue weighted by molar-refractivity contribution is -0.319. The van der Waals surface area contributed by atoms with E-state index in [0.29, 0.717) is 6.61 Å². The monoisotopic (exact) mass is 362 g/mol. The van der Waals surface area contributed by atoms with E-state index >= 15 is 0 Å². The number of carbonyl (C=O) groups excluding carboxylic acids is 3. The van der Waals surface area contributed by atoms with Crippen LogP contribution in [-0.4, -0.2) is 75.2 Å². The maximum atomic E-state index is 11.6. The Morgan fingerprint density at radius 3 is 2.32 bits per heavy atom. The van der Waals surface area contributed by atoms with Crippen molar-refractivity contribution in [1.29, 1.82) is 0 Å². The van der Waals surface area contributed by atoms with Gasteiger partial charge in [0.2, 0.25) is 0 Å². The first-order valence-electron chi connectivity index (χ1n) is 7.79. The van der Waals surface area contributed by atoms with Crippen molar-refractivity contribution in [2.45, 2.75) is 51.3 Å². The molecule has 25 heavy (non-hydrogen) atoms. The molecule has 2 fully saturated rings. The predicted octanol–water partition coefficient (Wildman–Crippen LogP) is -0.473. The van der Waals surface area contributed by atoms with Crippen LogP contribution < -0.4 is 0 Å². The van der Waals surface area contributed by atoms with Crippen molar-refractivity contribution in [3.05, 3.63) is 0 Å². The molecule has 0 unspecified atom stereocenters. The van der Waals surface area contributed by atoms with Gasteiger partial charge in [-0.05, 0) is 0 Å². The van der Waals surface area contributed by atoms with E-state index in [0.717, 1.165) is 0 Å². The van der Waals surface area contributed by atoms with Crippen LogP contribution in [0, 0.1) is 0 Å². The number of hydrogen-bond acceptors (Lipinski definition) is 10. The summed E-state index contributed by atoms with van der Waals surface area (Å²) >= 11 is 0. The first-order valence-corrected chi connectivity index (χ1v) is 7.79. The van der Waals surface area contributed by atoms with Crippen LogP contribution >= 0.6 is 0 Å². The van der Waals surface area contributed by atoms with Crippen molar-refractivity contribution in [1.82, 2.24) is 0 Å². The minimum Gasteiger partial charge on any atom is -0.462 e. The number of rotatable bonds is 6. The van der Waals surface area contributed by atoms with Crippen LogP contribution in [0.15, 0.2) is 0 Å². The summed E-state index contributed by atoms with van der Waals surface area (Å²) in [7, 11) is 0. The van der Waals surface area contributed by atoms with E-state index in [9.17, 15) is 14.4 Å². The number of carbonyl (C=O) groups is 3. The van der Waals surface area contributed by atoms with E-state index in [4.69, 9.17) is 33.2 Å². The van der Waals surface area contributed by atoms with Crippen molar-refractivity contribution in [2.24, 2.45) is 0 Å². The van der Waals surface area contributed by atoms with Crippen molar-refractivity contribution in [3.8, 4) is 0 Å². The van der Waals surface area contributed by atoms with Gasteiger partial charge in [-0.1, -0.05) is 0 Å². The minimum atomic E-state index is -1.06. The molecule has 2 saturated heterocycles. The average Bonchev–Trinajstić information content (AvgIpc) is 2.55. The highest BCUT2D eigenvalue weighted by atomic mass is 16.8. The molecule has 0 saturated carbocycles. The summed E-state index contributed by atoms with van der Waals surface area (Å²) in [6, 6.07) is 0. The first kappa shape index (κ1) is 19.6. The van der Waals surface area contributed by atoms with Gasteiger partial charge in [0.15, 0.2) is 12.2 Å². The van der Waals surface area contributed by atoms with Gasteiger partial charge in [0.25, 0.3) is 0 Å².